The van der Waals surface area contributed by atoms with E-state index in [1.54, 1.807) is 18.2 Å². The van der Waals surface area contributed by atoms with Gasteiger partial charge in [0, 0.05) is 69.7 Å². The van der Waals surface area contributed by atoms with Crippen molar-refractivity contribution in [1.29, 1.82) is 0 Å². The van der Waals surface area contributed by atoms with Crippen LogP contribution in [0.4, 0.5) is 0 Å². The minimum absolute atomic E-state index is 0.363. The van der Waals surface area contributed by atoms with E-state index in [9.17, 15) is 9.59 Å². The number of amides is 2. The maximum absolute atomic E-state index is 12.4. The van der Waals surface area contributed by atoms with Crippen LogP contribution in [0.2, 0.25) is 0 Å². The number of benzene rings is 1. The third-order valence-electron chi connectivity index (χ3n) is 5.60. The summed E-state index contributed by atoms with van der Waals surface area (Å²) in [5.74, 6) is -0.733. The molecule has 1 aromatic carbocycles. The lowest BCUT2D eigenvalue weighted by atomic mass is 9.87. The Bertz CT molecular complexity index is 784. The monoisotopic (exact) mass is 380 g/mol. The number of ether oxygens (including phenoxy) is 1. The second-order valence-corrected chi connectivity index (χ2v) is 7.46. The Morgan fingerprint density at radius 1 is 0.929 bits per heavy atom. The number of carbonyl (C=O) groups is 2. The van der Waals surface area contributed by atoms with Gasteiger partial charge in [0.1, 0.15) is 7.85 Å². The van der Waals surface area contributed by atoms with Gasteiger partial charge in [-0.3, -0.25) is 24.7 Å². The molecule has 0 aromatic heterocycles. The lowest BCUT2D eigenvalue weighted by molar-refractivity contribution is -0.114. The Kier molecular flexibility index (Phi) is 5.80. The van der Waals surface area contributed by atoms with Gasteiger partial charge in [0.25, 0.3) is 11.8 Å². The van der Waals surface area contributed by atoms with E-state index in [2.05, 4.69) is 20.0 Å². The molecule has 2 amide bonds. The maximum atomic E-state index is 12.4. The van der Waals surface area contributed by atoms with E-state index in [4.69, 9.17) is 12.6 Å². The fourth-order valence-corrected chi connectivity index (χ4v) is 3.88. The molecule has 28 heavy (non-hydrogen) atoms. The molecular formula is C20H25BN4O3. The van der Waals surface area contributed by atoms with E-state index < -0.39 is 0 Å². The number of morpholine rings is 1. The summed E-state index contributed by atoms with van der Waals surface area (Å²) in [7, 11) is 5.88. The van der Waals surface area contributed by atoms with Crippen LogP contribution in [0.3, 0.4) is 0 Å². The predicted octanol–water partition coefficient (Wildman–Crippen LogP) is -0.959. The number of rotatable bonds is 4. The minimum Gasteiger partial charge on any atom is -0.379 e. The van der Waals surface area contributed by atoms with E-state index in [1.165, 1.54) is 0 Å². The zero-order chi connectivity index (χ0) is 19.5. The van der Waals surface area contributed by atoms with Crippen LogP contribution in [-0.2, 0) is 9.53 Å². The topological polar surface area (TPSA) is 65.1 Å². The summed E-state index contributed by atoms with van der Waals surface area (Å²) in [5.41, 5.74) is 2.15. The predicted molar refractivity (Wildman–Crippen MR) is 108 cm³/mol. The van der Waals surface area contributed by atoms with E-state index >= 15 is 0 Å². The number of piperazine rings is 1. The molecule has 2 radical (unpaired) electrons. The molecule has 3 aliphatic rings. The van der Waals surface area contributed by atoms with Crippen LogP contribution in [0.25, 0.3) is 5.57 Å². The van der Waals surface area contributed by atoms with Gasteiger partial charge in [-0.15, -0.1) is 0 Å². The first-order valence-corrected chi connectivity index (χ1v) is 9.84. The molecule has 7 nitrogen and oxygen atoms in total. The van der Waals surface area contributed by atoms with Gasteiger partial charge < -0.3 is 9.64 Å². The van der Waals surface area contributed by atoms with Crippen LogP contribution < -0.4 is 10.8 Å². The van der Waals surface area contributed by atoms with Crippen molar-refractivity contribution in [2.24, 2.45) is 0 Å². The van der Waals surface area contributed by atoms with Gasteiger partial charge in [0.15, 0.2) is 0 Å². The van der Waals surface area contributed by atoms with Crippen molar-refractivity contribution in [3.8, 4) is 0 Å². The first-order valence-electron chi connectivity index (χ1n) is 9.84. The summed E-state index contributed by atoms with van der Waals surface area (Å²) in [6.45, 7) is 9.44. The van der Waals surface area contributed by atoms with E-state index in [-0.39, 0.29) is 11.8 Å². The second-order valence-electron chi connectivity index (χ2n) is 7.46. The van der Waals surface area contributed by atoms with Gasteiger partial charge in [-0.05, 0) is 6.07 Å². The quantitative estimate of drug-likeness (QED) is 0.413. The Morgan fingerprint density at radius 3 is 2.32 bits per heavy atom. The number of hydrogen-bond acceptors (Lipinski definition) is 6. The van der Waals surface area contributed by atoms with Gasteiger partial charge in [0.2, 0.25) is 0 Å². The number of nitrogens with zero attached hydrogens (tertiary/aromatic N) is 3. The zero-order valence-corrected chi connectivity index (χ0v) is 16.0. The van der Waals surface area contributed by atoms with Gasteiger partial charge >= 0.3 is 0 Å². The maximum Gasteiger partial charge on any atom is 0.260 e. The molecule has 1 N–H and O–H groups in total. The molecule has 8 heteroatoms. The first-order chi connectivity index (χ1) is 13.6. The summed E-state index contributed by atoms with van der Waals surface area (Å²) in [6, 6.07) is 5.05. The number of imide groups is 1. The summed E-state index contributed by atoms with van der Waals surface area (Å²) >= 11 is 0. The molecule has 0 saturated carbocycles. The highest BCUT2D eigenvalue weighted by Gasteiger charge is 2.28. The molecule has 0 bridgehead atoms. The summed E-state index contributed by atoms with van der Waals surface area (Å²) < 4.78 is 5.40. The van der Waals surface area contributed by atoms with Crippen LogP contribution >= 0.6 is 0 Å². The molecule has 3 aliphatic heterocycles. The van der Waals surface area contributed by atoms with Crippen molar-refractivity contribution in [1.82, 2.24) is 20.0 Å². The molecule has 0 spiro atoms. The van der Waals surface area contributed by atoms with Gasteiger partial charge in [-0.2, -0.15) is 0 Å². The van der Waals surface area contributed by atoms with Crippen molar-refractivity contribution in [3.63, 3.8) is 0 Å². The average Bonchev–Trinajstić information content (AvgIpc) is 2.71. The molecule has 0 unspecified atom stereocenters. The second kappa shape index (κ2) is 8.47. The molecular weight excluding hydrogens is 355 g/mol. The third-order valence-corrected chi connectivity index (χ3v) is 5.60. The number of carbonyl (C=O) groups excluding carboxylic acids is 2. The largest absolute Gasteiger partial charge is 0.379 e. The van der Waals surface area contributed by atoms with Crippen molar-refractivity contribution in [2.45, 2.75) is 0 Å². The van der Waals surface area contributed by atoms with Gasteiger partial charge in [-0.1, -0.05) is 17.6 Å². The van der Waals surface area contributed by atoms with Crippen molar-refractivity contribution in [2.75, 3.05) is 65.6 Å². The number of nitrogens with one attached hydrogen (secondary N) is 1. The van der Waals surface area contributed by atoms with Crippen LogP contribution in [-0.4, -0.2) is 99.9 Å². The third kappa shape index (κ3) is 4.29. The molecule has 0 atom stereocenters. The standard InChI is InChI=1S/C20H25BN4O3/c21-15-1-2-16-17(13-15)18(20(27)22-19(16)26)14-25-7-5-23(6-8-25)3-4-24-9-11-28-12-10-24/h1-2,13-14H,3-12H2,(H,22,26,27)/b18-14-. The van der Waals surface area contributed by atoms with Crippen LogP contribution in [0.15, 0.2) is 24.4 Å². The Labute approximate surface area is 166 Å². The highest BCUT2D eigenvalue weighted by molar-refractivity contribution is 6.35. The Morgan fingerprint density at radius 2 is 1.61 bits per heavy atom. The van der Waals surface area contributed by atoms with Crippen LogP contribution in [0.5, 0.6) is 0 Å². The smallest absolute Gasteiger partial charge is 0.260 e. The lowest BCUT2D eigenvalue weighted by Gasteiger charge is -2.36. The Hall–Kier alpha value is -2.16. The molecule has 4 rings (SSSR count). The SMILES string of the molecule is [B]c1ccc2c(c1)/C(=C/N1CCN(CCN3CCOCC3)CC1)C(=O)NC2=O. The van der Waals surface area contributed by atoms with E-state index in [0.717, 1.165) is 65.6 Å². The number of hydrogen-bond donors (Lipinski definition) is 1. The fraction of sp³-hybridized carbons (Fsp3) is 0.500. The van der Waals surface area contributed by atoms with Gasteiger partial charge in [0.05, 0.1) is 18.8 Å². The van der Waals surface area contributed by atoms with Gasteiger partial charge in [-0.25, -0.2) is 0 Å². The Balaban J connectivity index is 1.38. The summed E-state index contributed by atoms with van der Waals surface area (Å²) in [5, 5.41) is 2.42. The molecule has 2 saturated heterocycles. The molecule has 3 heterocycles. The molecule has 2 fully saturated rings. The highest BCUT2D eigenvalue weighted by atomic mass is 16.5. The molecule has 0 aliphatic carbocycles. The van der Waals surface area contributed by atoms with E-state index in [0.29, 0.717) is 22.2 Å². The lowest BCUT2D eigenvalue weighted by Crippen LogP contribution is -2.48. The van der Waals surface area contributed by atoms with Crippen molar-refractivity contribution in [3.05, 3.63) is 35.5 Å². The summed E-state index contributed by atoms with van der Waals surface area (Å²) in [4.78, 5) is 31.5. The van der Waals surface area contributed by atoms with E-state index in [1.807, 2.05) is 6.20 Å². The zero-order valence-electron chi connectivity index (χ0n) is 16.0. The summed E-state index contributed by atoms with van der Waals surface area (Å²) in [6.07, 6.45) is 1.87. The van der Waals surface area contributed by atoms with Crippen molar-refractivity contribution >= 4 is 30.7 Å². The van der Waals surface area contributed by atoms with Crippen LogP contribution in [0.1, 0.15) is 15.9 Å². The molecule has 1 aromatic rings. The average molecular weight is 380 g/mol. The normalized spacial score (nSPS) is 23.0. The first kappa shape index (κ1) is 19.2. The van der Waals surface area contributed by atoms with Crippen LogP contribution in [0, 0.1) is 0 Å². The number of fused-ring (bicyclic) bond motifs is 1. The highest BCUT2D eigenvalue weighted by Crippen LogP contribution is 2.24. The minimum atomic E-state index is -0.370. The fourth-order valence-electron chi connectivity index (χ4n) is 3.88. The van der Waals surface area contributed by atoms with Crippen molar-refractivity contribution < 1.29 is 14.3 Å². The molecule has 146 valence electrons.